The Morgan fingerprint density at radius 3 is 2.94 bits per heavy atom. The summed E-state index contributed by atoms with van der Waals surface area (Å²) < 4.78 is 1.93. The number of pyridine rings is 1. The van der Waals surface area contributed by atoms with Crippen LogP contribution in [0.2, 0.25) is 0 Å². The minimum absolute atomic E-state index is 0.0677. The summed E-state index contributed by atoms with van der Waals surface area (Å²) in [6, 6.07) is 3.45. The molecule has 17 heavy (non-hydrogen) atoms. The standard InChI is InChI=1S/C12H9N3OS/c16-11(9-1-3-13-4-2-9)7-10-8-15-5-6-17-12(15)14-10/h1-6,8H,7H2. The molecule has 84 valence electrons. The summed E-state index contributed by atoms with van der Waals surface area (Å²) in [6.07, 6.45) is 7.41. The zero-order chi connectivity index (χ0) is 11.7. The summed E-state index contributed by atoms with van der Waals surface area (Å²) in [4.78, 5) is 21.1. The molecule has 3 aromatic rings. The van der Waals surface area contributed by atoms with Crippen molar-refractivity contribution in [1.82, 2.24) is 14.4 Å². The molecule has 0 unspecified atom stereocenters. The lowest BCUT2D eigenvalue weighted by Gasteiger charge is -1.96. The number of hydrogen-bond donors (Lipinski definition) is 0. The van der Waals surface area contributed by atoms with Gasteiger partial charge >= 0.3 is 0 Å². The van der Waals surface area contributed by atoms with Gasteiger partial charge in [-0.05, 0) is 12.1 Å². The lowest BCUT2D eigenvalue weighted by molar-refractivity contribution is 0.0992. The van der Waals surface area contributed by atoms with E-state index in [0.29, 0.717) is 12.0 Å². The van der Waals surface area contributed by atoms with Crippen molar-refractivity contribution in [3.8, 4) is 0 Å². The second-order valence-corrected chi connectivity index (χ2v) is 4.53. The fourth-order valence-corrected chi connectivity index (χ4v) is 2.38. The van der Waals surface area contributed by atoms with Crippen molar-refractivity contribution in [1.29, 1.82) is 0 Å². The molecule has 0 spiro atoms. The average Bonchev–Trinajstić information content (AvgIpc) is 2.90. The molecule has 5 heteroatoms. The second-order valence-electron chi connectivity index (χ2n) is 3.66. The smallest absolute Gasteiger partial charge is 0.193 e. The van der Waals surface area contributed by atoms with Gasteiger partial charge in [0.25, 0.3) is 0 Å². The number of imidazole rings is 1. The Morgan fingerprint density at radius 1 is 1.35 bits per heavy atom. The number of hydrogen-bond acceptors (Lipinski definition) is 4. The fourth-order valence-electron chi connectivity index (χ4n) is 1.67. The monoisotopic (exact) mass is 243 g/mol. The van der Waals surface area contributed by atoms with Crippen molar-refractivity contribution >= 4 is 22.1 Å². The van der Waals surface area contributed by atoms with Crippen LogP contribution in [-0.2, 0) is 6.42 Å². The van der Waals surface area contributed by atoms with E-state index in [-0.39, 0.29) is 5.78 Å². The molecule has 0 saturated carbocycles. The number of Topliss-reactive ketones (excluding diaryl/α,β-unsaturated/α-hetero) is 1. The molecule has 0 bridgehead atoms. The van der Waals surface area contributed by atoms with Crippen LogP contribution >= 0.6 is 11.3 Å². The van der Waals surface area contributed by atoms with Crippen LogP contribution in [-0.4, -0.2) is 20.2 Å². The molecule has 3 aromatic heterocycles. The average molecular weight is 243 g/mol. The molecule has 0 atom stereocenters. The molecule has 0 aliphatic heterocycles. The number of thiazole rings is 1. The van der Waals surface area contributed by atoms with E-state index in [1.807, 2.05) is 22.2 Å². The van der Waals surface area contributed by atoms with E-state index >= 15 is 0 Å². The minimum Gasteiger partial charge on any atom is -0.297 e. The lowest BCUT2D eigenvalue weighted by atomic mass is 10.1. The molecule has 0 aromatic carbocycles. The van der Waals surface area contributed by atoms with Gasteiger partial charge in [-0.25, -0.2) is 4.98 Å². The van der Waals surface area contributed by atoms with Crippen LogP contribution in [0.25, 0.3) is 4.96 Å². The maximum atomic E-state index is 11.9. The highest BCUT2D eigenvalue weighted by atomic mass is 32.1. The fraction of sp³-hybridized carbons (Fsp3) is 0.0833. The Morgan fingerprint density at radius 2 is 2.18 bits per heavy atom. The van der Waals surface area contributed by atoms with Crippen molar-refractivity contribution in [2.24, 2.45) is 0 Å². The Kier molecular flexibility index (Phi) is 2.45. The quantitative estimate of drug-likeness (QED) is 0.663. The number of carbonyl (C=O) groups excluding carboxylic acids is 1. The van der Waals surface area contributed by atoms with Crippen LogP contribution in [0.4, 0.5) is 0 Å². The Hall–Kier alpha value is -2.01. The second kappa shape index (κ2) is 4.10. The van der Waals surface area contributed by atoms with Crippen molar-refractivity contribution in [3.63, 3.8) is 0 Å². The first kappa shape index (κ1) is 10.2. The van der Waals surface area contributed by atoms with Crippen molar-refractivity contribution < 1.29 is 4.79 Å². The predicted molar refractivity (Wildman–Crippen MR) is 65.3 cm³/mol. The highest BCUT2D eigenvalue weighted by Crippen LogP contribution is 2.13. The Bertz CT molecular complexity index is 628. The number of rotatable bonds is 3. The summed E-state index contributed by atoms with van der Waals surface area (Å²) >= 11 is 1.56. The summed E-state index contributed by atoms with van der Waals surface area (Å²) in [5, 5.41) is 1.97. The SMILES string of the molecule is O=C(Cc1cn2ccsc2n1)c1ccncc1. The van der Waals surface area contributed by atoms with Gasteiger partial charge in [0.1, 0.15) is 0 Å². The van der Waals surface area contributed by atoms with Crippen LogP contribution in [0.15, 0.2) is 42.3 Å². The summed E-state index contributed by atoms with van der Waals surface area (Å²) in [6.45, 7) is 0. The topological polar surface area (TPSA) is 47.3 Å². The molecular formula is C12H9N3OS. The minimum atomic E-state index is 0.0677. The first-order valence-corrected chi connectivity index (χ1v) is 6.05. The molecule has 3 rings (SSSR count). The lowest BCUT2D eigenvalue weighted by Crippen LogP contribution is -2.03. The zero-order valence-corrected chi connectivity index (χ0v) is 9.72. The van der Waals surface area contributed by atoms with Gasteiger partial charge in [0.05, 0.1) is 12.1 Å². The third-order valence-electron chi connectivity index (χ3n) is 2.49. The van der Waals surface area contributed by atoms with Gasteiger partial charge < -0.3 is 0 Å². The molecule has 0 radical (unpaired) electrons. The number of carbonyl (C=O) groups is 1. The van der Waals surface area contributed by atoms with Crippen LogP contribution in [0.3, 0.4) is 0 Å². The maximum absolute atomic E-state index is 11.9. The number of fused-ring (bicyclic) bond motifs is 1. The van der Waals surface area contributed by atoms with Gasteiger partial charge in [0.15, 0.2) is 10.7 Å². The third-order valence-corrected chi connectivity index (χ3v) is 3.26. The van der Waals surface area contributed by atoms with E-state index in [9.17, 15) is 4.79 Å². The van der Waals surface area contributed by atoms with E-state index in [1.165, 1.54) is 0 Å². The van der Waals surface area contributed by atoms with Crippen LogP contribution in [0.5, 0.6) is 0 Å². The van der Waals surface area contributed by atoms with Crippen molar-refractivity contribution in [3.05, 3.63) is 53.6 Å². The summed E-state index contributed by atoms with van der Waals surface area (Å²) in [7, 11) is 0. The van der Waals surface area contributed by atoms with Gasteiger partial charge in [-0.15, -0.1) is 11.3 Å². The normalized spacial score (nSPS) is 10.8. The van der Waals surface area contributed by atoms with Gasteiger partial charge in [-0.1, -0.05) is 0 Å². The van der Waals surface area contributed by atoms with E-state index in [2.05, 4.69) is 9.97 Å². The van der Waals surface area contributed by atoms with Crippen molar-refractivity contribution in [2.45, 2.75) is 6.42 Å². The predicted octanol–water partition coefficient (Wildman–Crippen LogP) is 2.22. The molecule has 0 aliphatic rings. The largest absolute Gasteiger partial charge is 0.297 e. The maximum Gasteiger partial charge on any atom is 0.193 e. The van der Waals surface area contributed by atoms with E-state index in [4.69, 9.17) is 0 Å². The number of nitrogens with zero attached hydrogens (tertiary/aromatic N) is 3. The molecule has 0 fully saturated rings. The van der Waals surface area contributed by atoms with Gasteiger partial charge in [-0.3, -0.25) is 14.2 Å². The highest BCUT2D eigenvalue weighted by Gasteiger charge is 2.10. The highest BCUT2D eigenvalue weighted by molar-refractivity contribution is 7.15. The zero-order valence-electron chi connectivity index (χ0n) is 8.91. The summed E-state index contributed by atoms with van der Waals surface area (Å²) in [5.74, 6) is 0.0677. The molecule has 0 amide bonds. The Balaban J connectivity index is 1.84. The van der Waals surface area contributed by atoms with Crippen LogP contribution in [0.1, 0.15) is 16.1 Å². The van der Waals surface area contributed by atoms with E-state index < -0.39 is 0 Å². The van der Waals surface area contributed by atoms with Gasteiger partial charge in [0.2, 0.25) is 0 Å². The first-order chi connectivity index (χ1) is 8.33. The molecule has 4 nitrogen and oxygen atoms in total. The Labute approximate surface area is 102 Å². The van der Waals surface area contributed by atoms with Crippen molar-refractivity contribution in [2.75, 3.05) is 0 Å². The molecular weight excluding hydrogens is 234 g/mol. The molecule has 0 N–H and O–H groups in total. The number of aromatic nitrogens is 3. The third kappa shape index (κ3) is 1.97. The van der Waals surface area contributed by atoms with Crippen LogP contribution in [0, 0.1) is 0 Å². The summed E-state index contributed by atoms with van der Waals surface area (Å²) in [5.41, 5.74) is 1.48. The molecule has 0 saturated heterocycles. The molecule has 3 heterocycles. The molecule has 0 aliphatic carbocycles. The van der Waals surface area contributed by atoms with Crippen LogP contribution < -0.4 is 0 Å². The first-order valence-electron chi connectivity index (χ1n) is 5.17. The van der Waals surface area contributed by atoms with E-state index in [1.54, 1.807) is 35.9 Å². The number of ketones is 1. The van der Waals surface area contributed by atoms with Gasteiger partial charge in [-0.2, -0.15) is 0 Å². The van der Waals surface area contributed by atoms with Gasteiger partial charge in [0, 0.05) is 35.7 Å². The van der Waals surface area contributed by atoms with E-state index in [0.717, 1.165) is 10.7 Å².